The number of ketones is 1. The molecule has 1 aliphatic carbocycles. The molecular formula is C11H13ClN2O. The van der Waals surface area contributed by atoms with Crippen LogP contribution in [-0.2, 0) is 0 Å². The molecule has 3 nitrogen and oxygen atoms in total. The number of nitrogens with one attached hydrogen (secondary N) is 1. The Kier molecular flexibility index (Phi) is 2.93. The molecule has 0 atom stereocenters. The Morgan fingerprint density at radius 3 is 2.87 bits per heavy atom. The number of Topliss-reactive ketones (excluding diaryl/α,β-unsaturated/α-hetero) is 1. The molecule has 15 heavy (non-hydrogen) atoms. The normalized spacial score (nSPS) is 15.3. The molecule has 1 aliphatic rings. The van der Waals surface area contributed by atoms with Crippen LogP contribution < -0.4 is 11.1 Å². The van der Waals surface area contributed by atoms with Crippen molar-refractivity contribution in [3.63, 3.8) is 0 Å². The highest BCUT2D eigenvalue weighted by molar-refractivity contribution is 6.33. The van der Waals surface area contributed by atoms with Crippen LogP contribution in [0.3, 0.4) is 0 Å². The Labute approximate surface area is 93.6 Å². The van der Waals surface area contributed by atoms with Crippen molar-refractivity contribution in [3.8, 4) is 0 Å². The van der Waals surface area contributed by atoms with Gasteiger partial charge in [0.2, 0.25) is 0 Å². The second-order valence-electron chi connectivity index (χ2n) is 3.81. The first-order valence-corrected chi connectivity index (χ1v) is 5.36. The highest BCUT2D eigenvalue weighted by atomic mass is 35.5. The van der Waals surface area contributed by atoms with Crippen LogP contribution in [0.4, 0.5) is 5.69 Å². The van der Waals surface area contributed by atoms with E-state index in [0.29, 0.717) is 28.9 Å². The summed E-state index contributed by atoms with van der Waals surface area (Å²) in [5.41, 5.74) is 6.69. The molecule has 1 fully saturated rings. The summed E-state index contributed by atoms with van der Waals surface area (Å²) in [6.45, 7) is 0.381. The highest BCUT2D eigenvalue weighted by Crippen LogP contribution is 2.21. The molecule has 0 unspecified atom stereocenters. The van der Waals surface area contributed by atoms with E-state index in [1.807, 2.05) is 0 Å². The zero-order valence-corrected chi connectivity index (χ0v) is 9.05. The fourth-order valence-electron chi connectivity index (χ4n) is 1.34. The van der Waals surface area contributed by atoms with E-state index < -0.39 is 0 Å². The zero-order valence-electron chi connectivity index (χ0n) is 8.29. The maximum atomic E-state index is 11.7. The lowest BCUT2D eigenvalue weighted by molar-refractivity contribution is 0.0990. The number of carbonyl (C=O) groups excluding carboxylic acids is 1. The zero-order chi connectivity index (χ0) is 10.8. The molecule has 0 radical (unpaired) electrons. The van der Waals surface area contributed by atoms with Crippen molar-refractivity contribution in [2.75, 3.05) is 12.3 Å². The van der Waals surface area contributed by atoms with Gasteiger partial charge in [0.15, 0.2) is 5.78 Å². The van der Waals surface area contributed by atoms with E-state index in [1.165, 1.54) is 12.8 Å². The maximum absolute atomic E-state index is 11.7. The van der Waals surface area contributed by atoms with Crippen molar-refractivity contribution in [1.29, 1.82) is 0 Å². The Morgan fingerprint density at radius 2 is 2.27 bits per heavy atom. The van der Waals surface area contributed by atoms with Gasteiger partial charge in [0.05, 0.1) is 17.3 Å². The first kappa shape index (κ1) is 10.5. The average Bonchev–Trinajstić information content (AvgIpc) is 3.02. The third kappa shape index (κ3) is 2.70. The SMILES string of the molecule is Nc1cc(C(=O)CNC2CC2)ccc1Cl. The number of hydrogen-bond acceptors (Lipinski definition) is 3. The van der Waals surface area contributed by atoms with Crippen LogP contribution in [0.1, 0.15) is 23.2 Å². The van der Waals surface area contributed by atoms with Crippen LogP contribution in [0.15, 0.2) is 18.2 Å². The maximum Gasteiger partial charge on any atom is 0.176 e. The minimum absolute atomic E-state index is 0.0604. The number of halogens is 1. The number of nitrogens with two attached hydrogens (primary N) is 1. The smallest absolute Gasteiger partial charge is 0.176 e. The van der Waals surface area contributed by atoms with Gasteiger partial charge in [0.1, 0.15) is 0 Å². The van der Waals surface area contributed by atoms with Crippen molar-refractivity contribution in [3.05, 3.63) is 28.8 Å². The van der Waals surface area contributed by atoms with Crippen LogP contribution in [-0.4, -0.2) is 18.4 Å². The van der Waals surface area contributed by atoms with Gasteiger partial charge in [-0.3, -0.25) is 4.79 Å². The lowest BCUT2D eigenvalue weighted by Crippen LogP contribution is -2.24. The van der Waals surface area contributed by atoms with Crippen LogP contribution in [0, 0.1) is 0 Å². The fraction of sp³-hybridized carbons (Fsp3) is 0.364. The topological polar surface area (TPSA) is 55.1 Å². The largest absolute Gasteiger partial charge is 0.398 e. The van der Waals surface area contributed by atoms with E-state index in [1.54, 1.807) is 18.2 Å². The van der Waals surface area contributed by atoms with Gasteiger partial charge in [-0.1, -0.05) is 11.6 Å². The summed E-state index contributed by atoms with van der Waals surface area (Å²) >= 11 is 5.77. The van der Waals surface area contributed by atoms with Gasteiger partial charge in [-0.25, -0.2) is 0 Å². The Hall–Kier alpha value is -1.06. The predicted molar refractivity (Wildman–Crippen MR) is 61.2 cm³/mol. The Bertz CT molecular complexity index is 388. The molecule has 3 N–H and O–H groups in total. The standard InChI is InChI=1S/C11H13ClN2O/c12-9-4-1-7(5-10(9)13)11(15)6-14-8-2-3-8/h1,4-5,8,14H,2-3,6,13H2. The molecule has 0 bridgehead atoms. The van der Waals surface area contributed by atoms with Crippen LogP contribution >= 0.6 is 11.6 Å². The summed E-state index contributed by atoms with van der Waals surface area (Å²) in [7, 11) is 0. The number of hydrogen-bond donors (Lipinski definition) is 2. The number of nitrogen functional groups attached to an aromatic ring is 1. The Balaban J connectivity index is 2.00. The van der Waals surface area contributed by atoms with Crippen LogP contribution in [0.2, 0.25) is 5.02 Å². The van der Waals surface area contributed by atoms with Gasteiger partial charge in [-0.2, -0.15) is 0 Å². The monoisotopic (exact) mass is 224 g/mol. The van der Waals surface area contributed by atoms with E-state index in [4.69, 9.17) is 17.3 Å². The number of carbonyl (C=O) groups is 1. The van der Waals surface area contributed by atoms with E-state index in [-0.39, 0.29) is 5.78 Å². The Morgan fingerprint density at radius 1 is 1.53 bits per heavy atom. The molecule has 0 aliphatic heterocycles. The molecule has 0 saturated heterocycles. The van der Waals surface area contributed by atoms with E-state index in [9.17, 15) is 4.79 Å². The molecule has 0 amide bonds. The van der Waals surface area contributed by atoms with Gasteiger partial charge >= 0.3 is 0 Å². The lowest BCUT2D eigenvalue weighted by Gasteiger charge is -2.04. The van der Waals surface area contributed by atoms with Crippen LogP contribution in [0.25, 0.3) is 0 Å². The summed E-state index contributed by atoms with van der Waals surface area (Å²) in [6.07, 6.45) is 2.35. The summed E-state index contributed by atoms with van der Waals surface area (Å²) in [4.78, 5) is 11.7. The molecule has 0 heterocycles. The van der Waals surface area contributed by atoms with Crippen molar-refractivity contribution in [2.45, 2.75) is 18.9 Å². The number of anilines is 1. The van der Waals surface area contributed by atoms with Gasteiger partial charge in [-0.05, 0) is 31.0 Å². The second-order valence-corrected chi connectivity index (χ2v) is 4.22. The quantitative estimate of drug-likeness (QED) is 0.606. The van der Waals surface area contributed by atoms with Crippen molar-refractivity contribution < 1.29 is 4.79 Å². The highest BCUT2D eigenvalue weighted by Gasteiger charge is 2.21. The number of benzene rings is 1. The lowest BCUT2D eigenvalue weighted by atomic mass is 10.1. The molecule has 0 aromatic heterocycles. The van der Waals surface area contributed by atoms with Crippen LogP contribution in [0.5, 0.6) is 0 Å². The summed E-state index contributed by atoms with van der Waals surface area (Å²) < 4.78 is 0. The predicted octanol–water partition coefficient (Wildman–Crippen LogP) is 1.86. The van der Waals surface area contributed by atoms with Gasteiger partial charge in [0.25, 0.3) is 0 Å². The first-order valence-electron chi connectivity index (χ1n) is 4.98. The fourth-order valence-corrected chi connectivity index (χ4v) is 1.46. The van der Waals surface area contributed by atoms with Crippen molar-refractivity contribution in [2.24, 2.45) is 0 Å². The second kappa shape index (κ2) is 4.21. The number of rotatable bonds is 4. The van der Waals surface area contributed by atoms with E-state index in [0.717, 1.165) is 0 Å². The van der Waals surface area contributed by atoms with E-state index >= 15 is 0 Å². The average molecular weight is 225 g/mol. The third-order valence-corrected chi connectivity index (χ3v) is 2.79. The minimum atomic E-state index is 0.0604. The summed E-state index contributed by atoms with van der Waals surface area (Å²) in [5.74, 6) is 0.0604. The molecule has 1 aromatic carbocycles. The molecule has 80 valence electrons. The first-order chi connectivity index (χ1) is 7.16. The van der Waals surface area contributed by atoms with Gasteiger partial charge in [0, 0.05) is 11.6 Å². The molecule has 4 heteroatoms. The third-order valence-electron chi connectivity index (χ3n) is 2.45. The molecular weight excluding hydrogens is 212 g/mol. The summed E-state index contributed by atoms with van der Waals surface area (Å²) in [6, 6.07) is 5.52. The van der Waals surface area contributed by atoms with Crippen molar-refractivity contribution >= 4 is 23.1 Å². The van der Waals surface area contributed by atoms with Gasteiger partial charge < -0.3 is 11.1 Å². The van der Waals surface area contributed by atoms with E-state index in [2.05, 4.69) is 5.32 Å². The molecule has 2 rings (SSSR count). The summed E-state index contributed by atoms with van der Waals surface area (Å²) in [5, 5.41) is 3.65. The molecule has 1 saturated carbocycles. The van der Waals surface area contributed by atoms with Gasteiger partial charge in [-0.15, -0.1) is 0 Å². The van der Waals surface area contributed by atoms with Crippen molar-refractivity contribution in [1.82, 2.24) is 5.32 Å². The molecule has 0 spiro atoms. The molecule has 1 aromatic rings. The minimum Gasteiger partial charge on any atom is -0.398 e.